The maximum Gasteiger partial charge on any atom is 0.157 e. The zero-order chi connectivity index (χ0) is 15.3. The fourth-order valence-corrected chi connectivity index (χ4v) is 2.94. The van der Waals surface area contributed by atoms with Gasteiger partial charge in [0.2, 0.25) is 0 Å². The van der Waals surface area contributed by atoms with E-state index in [0.717, 1.165) is 11.8 Å². The molecule has 0 saturated heterocycles. The highest BCUT2D eigenvalue weighted by Gasteiger charge is 2.27. The number of hydrogen-bond donors (Lipinski definition) is 0. The molecule has 0 N–H and O–H groups in total. The van der Waals surface area contributed by atoms with Crippen molar-refractivity contribution in [3.05, 3.63) is 41.5 Å². The third-order valence-electron chi connectivity index (χ3n) is 2.97. The van der Waals surface area contributed by atoms with Gasteiger partial charge in [0.25, 0.3) is 0 Å². The number of ketones is 2. The van der Waals surface area contributed by atoms with E-state index in [1.165, 1.54) is 13.8 Å². The van der Waals surface area contributed by atoms with Crippen molar-refractivity contribution in [1.82, 2.24) is 0 Å². The zero-order valence-corrected chi connectivity index (χ0v) is 12.6. The van der Waals surface area contributed by atoms with Crippen LogP contribution in [0, 0.1) is 0 Å². The van der Waals surface area contributed by atoms with E-state index in [0.29, 0.717) is 5.57 Å². The molecule has 1 aromatic carbocycles. The summed E-state index contributed by atoms with van der Waals surface area (Å²) in [6.45, 7) is 2.60. The first-order chi connectivity index (χ1) is 9.21. The average molecular weight is 294 g/mol. The van der Waals surface area contributed by atoms with Crippen LogP contribution in [0.1, 0.15) is 25.8 Å². The predicted octanol–water partition coefficient (Wildman–Crippen LogP) is 2.05. The minimum atomic E-state index is -3.53. The lowest BCUT2D eigenvalue weighted by Crippen LogP contribution is -2.29. The fourth-order valence-electron chi connectivity index (χ4n) is 1.85. The van der Waals surface area contributed by atoms with Gasteiger partial charge in [0, 0.05) is 6.26 Å². The lowest BCUT2D eigenvalue weighted by atomic mass is 10.0. The molecule has 0 fully saturated rings. The summed E-state index contributed by atoms with van der Waals surface area (Å²) in [6.07, 6.45) is 2.56. The molecule has 0 aliphatic rings. The van der Waals surface area contributed by atoms with E-state index in [1.807, 2.05) is 30.3 Å². The highest BCUT2D eigenvalue weighted by Crippen LogP contribution is 2.17. The molecule has 5 heteroatoms. The molecule has 1 atom stereocenters. The van der Waals surface area contributed by atoms with Gasteiger partial charge in [-0.2, -0.15) is 0 Å². The number of Topliss-reactive ketones (excluding diaryl/α,β-unsaturated/α-hetero) is 2. The third kappa shape index (κ3) is 4.74. The summed E-state index contributed by atoms with van der Waals surface area (Å²) in [7, 11) is -3.53. The van der Waals surface area contributed by atoms with Gasteiger partial charge in [-0.25, -0.2) is 8.42 Å². The van der Waals surface area contributed by atoms with Crippen LogP contribution in [-0.2, 0) is 19.4 Å². The fraction of sp³-hybridized carbons (Fsp3) is 0.333. The monoisotopic (exact) mass is 294 g/mol. The van der Waals surface area contributed by atoms with E-state index in [9.17, 15) is 18.0 Å². The van der Waals surface area contributed by atoms with Crippen LogP contribution < -0.4 is 0 Å². The number of sulfone groups is 1. The van der Waals surface area contributed by atoms with Gasteiger partial charge in [-0.3, -0.25) is 9.59 Å². The Morgan fingerprint density at radius 1 is 1.15 bits per heavy atom. The topological polar surface area (TPSA) is 68.3 Å². The molecule has 1 aromatic rings. The van der Waals surface area contributed by atoms with Crippen molar-refractivity contribution in [2.24, 2.45) is 0 Å². The lowest BCUT2D eigenvalue weighted by molar-refractivity contribution is -0.116. The Kier molecular flexibility index (Phi) is 5.39. The predicted molar refractivity (Wildman–Crippen MR) is 79.0 cm³/mol. The number of carbonyl (C=O) groups is 2. The van der Waals surface area contributed by atoms with E-state index in [1.54, 1.807) is 6.08 Å². The second-order valence-electron chi connectivity index (χ2n) is 4.77. The van der Waals surface area contributed by atoms with Crippen LogP contribution in [0.5, 0.6) is 0 Å². The number of carbonyl (C=O) groups excluding carboxylic acids is 2. The van der Waals surface area contributed by atoms with E-state index in [4.69, 9.17) is 0 Å². The van der Waals surface area contributed by atoms with Gasteiger partial charge in [-0.15, -0.1) is 0 Å². The molecule has 0 aliphatic heterocycles. The van der Waals surface area contributed by atoms with Crippen LogP contribution >= 0.6 is 0 Å². The molecule has 0 spiro atoms. The lowest BCUT2D eigenvalue weighted by Gasteiger charge is -2.13. The van der Waals surface area contributed by atoms with Gasteiger partial charge in [0.05, 0.1) is 0 Å². The molecule has 0 aromatic heterocycles. The minimum absolute atomic E-state index is 0.0849. The summed E-state index contributed by atoms with van der Waals surface area (Å²) in [4.78, 5) is 23.1. The molecular formula is C15H18O4S. The molecular weight excluding hydrogens is 276 g/mol. The quantitative estimate of drug-likeness (QED) is 0.753. The van der Waals surface area contributed by atoms with Gasteiger partial charge in [-0.1, -0.05) is 30.3 Å². The maximum absolute atomic E-state index is 11.7. The van der Waals surface area contributed by atoms with Crippen LogP contribution in [0.25, 0.3) is 6.08 Å². The standard InChI is InChI=1S/C15H18O4S/c1-11(16)14(9-13-7-5-4-6-8-13)10-15(12(2)17)20(3,18)19/h4-9,15H,10H2,1-3H3/b14-9-. The summed E-state index contributed by atoms with van der Waals surface area (Å²) < 4.78 is 23.2. The molecule has 0 bridgehead atoms. The zero-order valence-electron chi connectivity index (χ0n) is 11.8. The summed E-state index contributed by atoms with van der Waals surface area (Å²) in [5.74, 6) is -0.684. The molecule has 0 amide bonds. The largest absolute Gasteiger partial charge is 0.299 e. The maximum atomic E-state index is 11.7. The Bertz CT molecular complexity index is 627. The van der Waals surface area contributed by atoms with Crippen molar-refractivity contribution in [2.75, 3.05) is 6.26 Å². The van der Waals surface area contributed by atoms with Gasteiger partial charge < -0.3 is 0 Å². The van der Waals surface area contributed by atoms with Crippen LogP contribution in [-0.4, -0.2) is 31.5 Å². The summed E-state index contributed by atoms with van der Waals surface area (Å²) in [5.41, 5.74) is 1.13. The first kappa shape index (κ1) is 16.3. The van der Waals surface area contributed by atoms with Gasteiger partial charge in [-0.05, 0) is 37.5 Å². The normalized spacial score (nSPS) is 13.8. The van der Waals surface area contributed by atoms with Crippen LogP contribution in [0.2, 0.25) is 0 Å². The number of hydrogen-bond acceptors (Lipinski definition) is 4. The van der Waals surface area contributed by atoms with E-state index in [2.05, 4.69) is 0 Å². The Balaban J connectivity index is 3.13. The van der Waals surface area contributed by atoms with E-state index < -0.39 is 20.9 Å². The Hall–Kier alpha value is -1.75. The summed E-state index contributed by atoms with van der Waals surface area (Å²) in [6, 6.07) is 9.11. The smallest absolute Gasteiger partial charge is 0.157 e. The molecule has 108 valence electrons. The minimum Gasteiger partial charge on any atom is -0.299 e. The molecule has 20 heavy (non-hydrogen) atoms. The second kappa shape index (κ2) is 6.61. The highest BCUT2D eigenvalue weighted by molar-refractivity contribution is 7.92. The summed E-state index contributed by atoms with van der Waals surface area (Å²) >= 11 is 0. The number of allylic oxidation sites excluding steroid dienone is 1. The van der Waals surface area contributed by atoms with Crippen molar-refractivity contribution in [3.63, 3.8) is 0 Å². The van der Waals surface area contributed by atoms with Crippen LogP contribution in [0.4, 0.5) is 0 Å². The van der Waals surface area contributed by atoms with Crippen molar-refractivity contribution in [1.29, 1.82) is 0 Å². The third-order valence-corrected chi connectivity index (χ3v) is 4.50. The molecule has 0 radical (unpaired) electrons. The SMILES string of the molecule is CC(=O)/C(=C\c1ccccc1)CC(C(C)=O)S(C)(=O)=O. The van der Waals surface area contributed by atoms with E-state index >= 15 is 0 Å². The van der Waals surface area contributed by atoms with Crippen LogP contribution in [0.15, 0.2) is 35.9 Å². The van der Waals surface area contributed by atoms with Crippen LogP contribution in [0.3, 0.4) is 0 Å². The van der Waals surface area contributed by atoms with E-state index in [-0.39, 0.29) is 12.2 Å². The molecule has 4 nitrogen and oxygen atoms in total. The van der Waals surface area contributed by atoms with Crippen molar-refractivity contribution in [2.45, 2.75) is 25.5 Å². The van der Waals surface area contributed by atoms with Gasteiger partial charge in [0.1, 0.15) is 11.0 Å². The summed E-state index contributed by atoms with van der Waals surface area (Å²) in [5, 5.41) is -1.17. The number of rotatable bonds is 6. The van der Waals surface area contributed by atoms with Crippen molar-refractivity contribution in [3.8, 4) is 0 Å². The number of benzene rings is 1. The Morgan fingerprint density at radius 3 is 2.10 bits per heavy atom. The first-order valence-corrected chi connectivity index (χ1v) is 8.13. The van der Waals surface area contributed by atoms with Crippen molar-refractivity contribution >= 4 is 27.5 Å². The molecule has 1 unspecified atom stereocenters. The molecule has 0 heterocycles. The second-order valence-corrected chi connectivity index (χ2v) is 7.00. The average Bonchev–Trinajstić information content (AvgIpc) is 2.33. The van der Waals surface area contributed by atoms with Gasteiger partial charge in [0.15, 0.2) is 15.6 Å². The first-order valence-electron chi connectivity index (χ1n) is 6.17. The Labute approximate surface area is 119 Å². The molecule has 1 rings (SSSR count). The Morgan fingerprint density at radius 2 is 1.70 bits per heavy atom. The molecule has 0 saturated carbocycles. The van der Waals surface area contributed by atoms with Crippen molar-refractivity contribution < 1.29 is 18.0 Å². The van der Waals surface area contributed by atoms with Gasteiger partial charge >= 0.3 is 0 Å². The highest BCUT2D eigenvalue weighted by atomic mass is 32.2. The molecule has 0 aliphatic carbocycles.